The minimum atomic E-state index is 0.0418. The first kappa shape index (κ1) is 14.0. The summed E-state index contributed by atoms with van der Waals surface area (Å²) in [6, 6.07) is 5.44. The monoisotopic (exact) mass is 299 g/mol. The summed E-state index contributed by atoms with van der Waals surface area (Å²) in [7, 11) is 1.60. The van der Waals surface area contributed by atoms with E-state index in [1.807, 2.05) is 24.0 Å². The van der Waals surface area contributed by atoms with Crippen LogP contribution in [0.15, 0.2) is 22.7 Å². The third-order valence-electron chi connectivity index (χ3n) is 2.57. The molecule has 0 fully saturated rings. The maximum absolute atomic E-state index is 12.3. The van der Waals surface area contributed by atoms with Crippen LogP contribution in [0.4, 0.5) is 0 Å². The molecular formula is C13H18BrNO2. The molecule has 1 rings (SSSR count). The van der Waals surface area contributed by atoms with Gasteiger partial charge in [-0.25, -0.2) is 0 Å². The van der Waals surface area contributed by atoms with Gasteiger partial charge in [0, 0.05) is 17.6 Å². The molecule has 0 heterocycles. The fraction of sp³-hybridized carbons (Fsp3) is 0.462. The summed E-state index contributed by atoms with van der Waals surface area (Å²) in [6.45, 7) is 5.55. The van der Waals surface area contributed by atoms with E-state index in [9.17, 15) is 4.79 Å². The zero-order chi connectivity index (χ0) is 12.8. The van der Waals surface area contributed by atoms with E-state index in [2.05, 4.69) is 22.9 Å². The van der Waals surface area contributed by atoms with Gasteiger partial charge < -0.3 is 9.64 Å². The summed E-state index contributed by atoms with van der Waals surface area (Å²) in [5, 5.41) is 0. The Morgan fingerprint density at radius 3 is 2.65 bits per heavy atom. The van der Waals surface area contributed by atoms with E-state index in [1.54, 1.807) is 13.2 Å². The second-order valence-electron chi connectivity index (χ2n) is 3.73. The Bertz CT molecular complexity index is 393. The molecule has 0 bridgehead atoms. The molecule has 0 aliphatic carbocycles. The van der Waals surface area contributed by atoms with Crippen LogP contribution in [-0.4, -0.2) is 31.0 Å². The van der Waals surface area contributed by atoms with E-state index in [1.165, 1.54) is 0 Å². The molecule has 0 saturated carbocycles. The van der Waals surface area contributed by atoms with E-state index in [4.69, 9.17) is 4.74 Å². The summed E-state index contributed by atoms with van der Waals surface area (Å²) in [6.07, 6.45) is 0.959. The van der Waals surface area contributed by atoms with E-state index >= 15 is 0 Å². The Morgan fingerprint density at radius 1 is 1.41 bits per heavy atom. The number of nitrogens with zero attached hydrogens (tertiary/aromatic N) is 1. The van der Waals surface area contributed by atoms with Crippen LogP contribution in [0, 0.1) is 0 Å². The fourth-order valence-electron chi connectivity index (χ4n) is 1.64. The average Bonchev–Trinajstić information content (AvgIpc) is 2.35. The molecule has 94 valence electrons. The van der Waals surface area contributed by atoms with Crippen LogP contribution >= 0.6 is 15.9 Å². The highest BCUT2D eigenvalue weighted by atomic mass is 79.9. The summed E-state index contributed by atoms with van der Waals surface area (Å²) < 4.78 is 5.95. The molecule has 17 heavy (non-hydrogen) atoms. The Labute approximate surface area is 111 Å². The van der Waals surface area contributed by atoms with Crippen molar-refractivity contribution in [1.29, 1.82) is 0 Å². The molecular weight excluding hydrogens is 282 g/mol. The third kappa shape index (κ3) is 3.46. The quantitative estimate of drug-likeness (QED) is 0.835. The van der Waals surface area contributed by atoms with Crippen molar-refractivity contribution in [3.63, 3.8) is 0 Å². The van der Waals surface area contributed by atoms with Crippen molar-refractivity contribution in [1.82, 2.24) is 4.90 Å². The summed E-state index contributed by atoms with van der Waals surface area (Å²) >= 11 is 3.41. The van der Waals surface area contributed by atoms with Gasteiger partial charge in [-0.1, -0.05) is 6.92 Å². The maximum Gasteiger partial charge on any atom is 0.255 e. The highest BCUT2D eigenvalue weighted by molar-refractivity contribution is 9.10. The van der Waals surface area contributed by atoms with Gasteiger partial charge in [0.25, 0.3) is 5.91 Å². The van der Waals surface area contributed by atoms with Gasteiger partial charge in [-0.2, -0.15) is 0 Å². The van der Waals surface area contributed by atoms with Gasteiger partial charge in [-0.3, -0.25) is 4.79 Å². The van der Waals surface area contributed by atoms with Crippen molar-refractivity contribution >= 4 is 21.8 Å². The Kier molecular flexibility index (Phi) is 5.48. The zero-order valence-corrected chi connectivity index (χ0v) is 12.1. The van der Waals surface area contributed by atoms with E-state index < -0.39 is 0 Å². The molecule has 1 aromatic rings. The SMILES string of the molecule is CCCN(CC)C(=O)c1cc(OC)ccc1Br. The summed E-state index contributed by atoms with van der Waals surface area (Å²) in [5.74, 6) is 0.740. The molecule has 1 amide bonds. The lowest BCUT2D eigenvalue weighted by atomic mass is 10.2. The van der Waals surface area contributed by atoms with Crippen molar-refractivity contribution in [2.45, 2.75) is 20.3 Å². The Morgan fingerprint density at radius 2 is 2.12 bits per heavy atom. The number of methoxy groups -OCH3 is 1. The van der Waals surface area contributed by atoms with Crippen LogP contribution in [0.3, 0.4) is 0 Å². The van der Waals surface area contributed by atoms with Gasteiger partial charge in [0.05, 0.1) is 12.7 Å². The van der Waals surface area contributed by atoms with Crippen LogP contribution in [0.25, 0.3) is 0 Å². The normalized spacial score (nSPS) is 10.1. The van der Waals surface area contributed by atoms with Gasteiger partial charge in [0.15, 0.2) is 0 Å². The number of benzene rings is 1. The third-order valence-corrected chi connectivity index (χ3v) is 3.26. The van der Waals surface area contributed by atoms with Gasteiger partial charge in [0.2, 0.25) is 0 Å². The first-order valence-electron chi connectivity index (χ1n) is 5.76. The number of ether oxygens (including phenoxy) is 1. The van der Waals surface area contributed by atoms with Crippen LogP contribution in [0.1, 0.15) is 30.6 Å². The number of rotatable bonds is 5. The van der Waals surface area contributed by atoms with Crippen LogP contribution in [0.5, 0.6) is 5.75 Å². The molecule has 0 N–H and O–H groups in total. The standard InChI is InChI=1S/C13H18BrNO2/c1-4-8-15(5-2)13(16)11-9-10(17-3)6-7-12(11)14/h6-7,9H,4-5,8H2,1-3H3. The number of carbonyl (C=O) groups excluding carboxylic acids is 1. The largest absolute Gasteiger partial charge is 0.497 e. The predicted molar refractivity (Wildman–Crippen MR) is 72.6 cm³/mol. The molecule has 0 saturated heterocycles. The average molecular weight is 300 g/mol. The molecule has 0 spiro atoms. The highest BCUT2D eigenvalue weighted by Crippen LogP contribution is 2.23. The van der Waals surface area contributed by atoms with Crippen molar-refractivity contribution in [3.05, 3.63) is 28.2 Å². The number of hydrogen-bond donors (Lipinski definition) is 0. The van der Waals surface area contributed by atoms with E-state index in [0.29, 0.717) is 11.3 Å². The molecule has 1 aromatic carbocycles. The molecule has 0 aliphatic rings. The van der Waals surface area contributed by atoms with E-state index in [-0.39, 0.29) is 5.91 Å². The Balaban J connectivity index is 3.01. The van der Waals surface area contributed by atoms with Gasteiger partial charge in [-0.05, 0) is 47.5 Å². The van der Waals surface area contributed by atoms with Crippen LogP contribution in [-0.2, 0) is 0 Å². The molecule has 0 aromatic heterocycles. The number of amides is 1. The Hall–Kier alpha value is -1.03. The molecule has 0 radical (unpaired) electrons. The molecule has 0 aliphatic heterocycles. The van der Waals surface area contributed by atoms with E-state index in [0.717, 1.165) is 24.0 Å². The topological polar surface area (TPSA) is 29.5 Å². The second-order valence-corrected chi connectivity index (χ2v) is 4.58. The lowest BCUT2D eigenvalue weighted by Gasteiger charge is -2.21. The lowest BCUT2D eigenvalue weighted by Crippen LogP contribution is -2.31. The first-order valence-corrected chi connectivity index (χ1v) is 6.56. The minimum absolute atomic E-state index is 0.0418. The molecule has 0 unspecified atom stereocenters. The maximum atomic E-state index is 12.3. The number of halogens is 1. The highest BCUT2D eigenvalue weighted by Gasteiger charge is 2.16. The molecule has 0 atom stereocenters. The smallest absolute Gasteiger partial charge is 0.255 e. The summed E-state index contributed by atoms with van der Waals surface area (Å²) in [5.41, 5.74) is 0.652. The summed E-state index contributed by atoms with van der Waals surface area (Å²) in [4.78, 5) is 14.1. The predicted octanol–water partition coefficient (Wildman–Crippen LogP) is 3.33. The van der Waals surface area contributed by atoms with Gasteiger partial charge in [0.1, 0.15) is 5.75 Å². The molecule has 3 nitrogen and oxygen atoms in total. The number of carbonyl (C=O) groups is 1. The minimum Gasteiger partial charge on any atom is -0.497 e. The van der Waals surface area contributed by atoms with Gasteiger partial charge >= 0.3 is 0 Å². The zero-order valence-electron chi connectivity index (χ0n) is 10.5. The van der Waals surface area contributed by atoms with Crippen molar-refractivity contribution in [2.75, 3.05) is 20.2 Å². The lowest BCUT2D eigenvalue weighted by molar-refractivity contribution is 0.0763. The van der Waals surface area contributed by atoms with Gasteiger partial charge in [-0.15, -0.1) is 0 Å². The van der Waals surface area contributed by atoms with Crippen molar-refractivity contribution in [2.24, 2.45) is 0 Å². The molecule has 4 heteroatoms. The fourth-order valence-corrected chi connectivity index (χ4v) is 2.05. The van der Waals surface area contributed by atoms with Crippen molar-refractivity contribution < 1.29 is 9.53 Å². The van der Waals surface area contributed by atoms with Crippen LogP contribution in [0.2, 0.25) is 0 Å². The number of hydrogen-bond acceptors (Lipinski definition) is 2. The first-order chi connectivity index (χ1) is 8.13. The second kappa shape index (κ2) is 6.64. The van der Waals surface area contributed by atoms with Crippen molar-refractivity contribution in [3.8, 4) is 5.75 Å². The van der Waals surface area contributed by atoms with Crippen LogP contribution < -0.4 is 4.74 Å².